The number of pyridine rings is 1. The summed E-state index contributed by atoms with van der Waals surface area (Å²) in [6.45, 7) is 0. The lowest BCUT2D eigenvalue weighted by Crippen LogP contribution is -2.08. The zero-order valence-corrected chi connectivity index (χ0v) is 13.3. The molecule has 1 aliphatic carbocycles. The zero-order valence-electron chi connectivity index (χ0n) is 12.5. The number of benzene rings is 2. The van der Waals surface area contributed by atoms with E-state index < -0.39 is 0 Å². The summed E-state index contributed by atoms with van der Waals surface area (Å²) in [4.78, 5) is 9.52. The first-order valence-corrected chi connectivity index (χ1v) is 8.06. The number of aryl methyl sites for hydroxylation is 2. The van der Waals surface area contributed by atoms with Crippen LogP contribution in [0.5, 0.6) is 0 Å². The molecule has 3 aromatic rings. The van der Waals surface area contributed by atoms with E-state index in [1.807, 2.05) is 54.7 Å². The molecule has 1 aromatic heterocycles. The number of nitrogens with zero attached hydrogens (tertiary/aromatic N) is 2. The Hall–Kier alpha value is -2.45. The van der Waals surface area contributed by atoms with E-state index in [2.05, 4.69) is 17.1 Å². The number of hydrogen-bond donors (Lipinski definition) is 0. The first-order chi connectivity index (χ1) is 11.3. The number of rotatable bonds is 1. The minimum absolute atomic E-state index is 0.765. The first kappa shape index (κ1) is 14.2. The van der Waals surface area contributed by atoms with Gasteiger partial charge in [-0.1, -0.05) is 41.9 Å². The average molecular weight is 319 g/mol. The molecular formula is C20H15ClN2. The van der Waals surface area contributed by atoms with Gasteiger partial charge in [-0.3, -0.25) is 4.98 Å². The molecule has 1 aliphatic rings. The Morgan fingerprint density at radius 2 is 1.70 bits per heavy atom. The fraction of sp³-hybridized carbons (Fsp3) is 0.100. The summed E-state index contributed by atoms with van der Waals surface area (Å²) in [5, 5.41) is 0.765. The first-order valence-electron chi connectivity index (χ1n) is 7.68. The largest absolute Gasteiger partial charge is 0.254 e. The molecule has 0 radical (unpaired) electrons. The number of hydrogen-bond acceptors (Lipinski definition) is 2. The van der Waals surface area contributed by atoms with E-state index in [9.17, 15) is 0 Å². The Labute approximate surface area is 140 Å². The Morgan fingerprint density at radius 1 is 0.870 bits per heavy atom. The van der Waals surface area contributed by atoms with Gasteiger partial charge in [0.1, 0.15) is 0 Å². The van der Waals surface area contributed by atoms with E-state index in [4.69, 9.17) is 16.6 Å². The normalized spacial score (nSPS) is 14.9. The average Bonchev–Trinajstić information content (AvgIpc) is 2.73. The lowest BCUT2D eigenvalue weighted by molar-refractivity contribution is 0.955. The van der Waals surface area contributed by atoms with Gasteiger partial charge in [0.05, 0.1) is 17.1 Å². The predicted molar refractivity (Wildman–Crippen MR) is 94.8 cm³/mol. The highest BCUT2D eigenvalue weighted by Gasteiger charge is 2.20. The van der Waals surface area contributed by atoms with Gasteiger partial charge in [-0.2, -0.15) is 0 Å². The molecule has 0 bridgehead atoms. The second-order valence-corrected chi connectivity index (χ2v) is 6.04. The van der Waals surface area contributed by atoms with Gasteiger partial charge in [-0.05, 0) is 54.3 Å². The van der Waals surface area contributed by atoms with Crippen molar-refractivity contribution in [2.24, 2.45) is 4.99 Å². The second-order valence-electron chi connectivity index (χ2n) is 5.61. The van der Waals surface area contributed by atoms with Gasteiger partial charge in [0.2, 0.25) is 0 Å². The third-order valence-corrected chi connectivity index (χ3v) is 4.33. The van der Waals surface area contributed by atoms with Gasteiger partial charge in [-0.25, -0.2) is 4.99 Å². The molecule has 3 heteroatoms. The molecule has 0 fully saturated rings. The molecule has 2 aromatic carbocycles. The molecule has 0 N–H and O–H groups in total. The molecule has 1 heterocycles. The molecular weight excluding hydrogens is 304 g/mol. The summed E-state index contributed by atoms with van der Waals surface area (Å²) >= 11 is 6.19. The Bertz CT molecular complexity index is 885. The molecule has 0 aliphatic heterocycles. The van der Waals surface area contributed by atoms with Crippen LogP contribution >= 0.6 is 11.6 Å². The number of para-hydroxylation sites is 1. The minimum atomic E-state index is 0.765. The maximum atomic E-state index is 6.19. The molecule has 0 spiro atoms. The summed E-state index contributed by atoms with van der Waals surface area (Å²) in [5.41, 5.74) is 6.41. The summed E-state index contributed by atoms with van der Waals surface area (Å²) in [7, 11) is 0. The van der Waals surface area contributed by atoms with Crippen LogP contribution < -0.4 is 0 Å². The Morgan fingerprint density at radius 3 is 2.57 bits per heavy atom. The van der Waals surface area contributed by atoms with Crippen molar-refractivity contribution < 1.29 is 0 Å². The zero-order chi connectivity index (χ0) is 15.6. The van der Waals surface area contributed by atoms with Crippen LogP contribution in [-0.2, 0) is 12.8 Å². The van der Waals surface area contributed by atoms with Crippen molar-refractivity contribution in [3.05, 3.63) is 94.3 Å². The smallest absolute Gasteiger partial charge is 0.0971 e. The van der Waals surface area contributed by atoms with Crippen LogP contribution in [0.2, 0.25) is 5.02 Å². The highest BCUT2D eigenvalue weighted by Crippen LogP contribution is 2.28. The van der Waals surface area contributed by atoms with Crippen molar-refractivity contribution in [1.29, 1.82) is 0 Å². The molecule has 0 saturated heterocycles. The van der Waals surface area contributed by atoms with Crippen molar-refractivity contribution in [3.8, 4) is 0 Å². The SMILES string of the molecule is Clc1ccc2c(c1)CCc1cccnc1C2=Nc1ccccc1. The summed E-state index contributed by atoms with van der Waals surface area (Å²) < 4.78 is 0. The van der Waals surface area contributed by atoms with Crippen LogP contribution in [0.25, 0.3) is 0 Å². The van der Waals surface area contributed by atoms with E-state index in [0.29, 0.717) is 0 Å². The highest BCUT2D eigenvalue weighted by molar-refractivity contribution is 6.31. The molecule has 0 unspecified atom stereocenters. The van der Waals surface area contributed by atoms with Crippen LogP contribution in [0.3, 0.4) is 0 Å². The topological polar surface area (TPSA) is 25.2 Å². The van der Waals surface area contributed by atoms with Crippen LogP contribution in [-0.4, -0.2) is 10.7 Å². The molecule has 4 rings (SSSR count). The number of halogens is 1. The Kier molecular flexibility index (Phi) is 3.68. The van der Waals surface area contributed by atoms with Gasteiger partial charge in [0, 0.05) is 16.8 Å². The van der Waals surface area contributed by atoms with Crippen molar-refractivity contribution in [2.75, 3.05) is 0 Å². The quantitative estimate of drug-likeness (QED) is 0.619. The van der Waals surface area contributed by atoms with Crippen molar-refractivity contribution in [2.45, 2.75) is 12.8 Å². The number of fused-ring (bicyclic) bond motifs is 2. The number of aliphatic imine (C=N–C) groups is 1. The molecule has 0 atom stereocenters. The van der Waals surface area contributed by atoms with E-state index in [0.717, 1.165) is 40.5 Å². The molecule has 0 saturated carbocycles. The predicted octanol–water partition coefficient (Wildman–Crippen LogP) is 5.00. The van der Waals surface area contributed by atoms with E-state index >= 15 is 0 Å². The number of aromatic nitrogens is 1. The van der Waals surface area contributed by atoms with Crippen LogP contribution in [0.4, 0.5) is 5.69 Å². The Balaban J connectivity index is 1.97. The van der Waals surface area contributed by atoms with Crippen molar-refractivity contribution in [1.82, 2.24) is 4.98 Å². The van der Waals surface area contributed by atoms with Crippen molar-refractivity contribution in [3.63, 3.8) is 0 Å². The standard InChI is InChI=1S/C20H15ClN2/c21-16-10-11-18-15(13-16)9-8-14-5-4-12-22-19(14)20(18)23-17-6-2-1-3-7-17/h1-7,10-13H,8-9H2. The van der Waals surface area contributed by atoms with E-state index in [1.54, 1.807) is 0 Å². The summed E-state index contributed by atoms with van der Waals surface area (Å²) in [6.07, 6.45) is 3.73. The van der Waals surface area contributed by atoms with E-state index in [1.165, 1.54) is 11.1 Å². The van der Waals surface area contributed by atoms with Gasteiger partial charge in [0.25, 0.3) is 0 Å². The van der Waals surface area contributed by atoms with Gasteiger partial charge < -0.3 is 0 Å². The van der Waals surface area contributed by atoms with Crippen molar-refractivity contribution >= 4 is 23.0 Å². The van der Waals surface area contributed by atoms with Crippen LogP contribution in [0.1, 0.15) is 22.4 Å². The van der Waals surface area contributed by atoms with Crippen LogP contribution in [0, 0.1) is 0 Å². The van der Waals surface area contributed by atoms with Gasteiger partial charge in [-0.15, -0.1) is 0 Å². The molecule has 2 nitrogen and oxygen atoms in total. The monoisotopic (exact) mass is 318 g/mol. The molecule has 23 heavy (non-hydrogen) atoms. The highest BCUT2D eigenvalue weighted by atomic mass is 35.5. The minimum Gasteiger partial charge on any atom is -0.254 e. The lowest BCUT2D eigenvalue weighted by Gasteiger charge is -2.10. The van der Waals surface area contributed by atoms with Gasteiger partial charge in [0.15, 0.2) is 0 Å². The third-order valence-electron chi connectivity index (χ3n) is 4.10. The van der Waals surface area contributed by atoms with E-state index in [-0.39, 0.29) is 0 Å². The maximum absolute atomic E-state index is 6.19. The third kappa shape index (κ3) is 2.78. The molecule has 0 amide bonds. The van der Waals surface area contributed by atoms with Gasteiger partial charge >= 0.3 is 0 Å². The lowest BCUT2D eigenvalue weighted by atomic mass is 10.0. The second kappa shape index (κ2) is 5.98. The fourth-order valence-corrected chi connectivity index (χ4v) is 3.19. The fourth-order valence-electron chi connectivity index (χ4n) is 3.00. The maximum Gasteiger partial charge on any atom is 0.0971 e. The van der Waals surface area contributed by atoms with Crippen LogP contribution in [0.15, 0.2) is 71.9 Å². The molecule has 112 valence electrons. The summed E-state index contributed by atoms with van der Waals surface area (Å²) in [6, 6.07) is 20.2. The summed E-state index contributed by atoms with van der Waals surface area (Å²) in [5.74, 6) is 0.